The molecule has 12 heteroatoms. The third kappa shape index (κ3) is 7.89. The van der Waals surface area contributed by atoms with Crippen LogP contribution in [0.4, 0.5) is 0 Å². The molecule has 10 nitrogen and oxygen atoms in total. The van der Waals surface area contributed by atoms with Crippen molar-refractivity contribution in [1.82, 2.24) is 26.3 Å². The summed E-state index contributed by atoms with van der Waals surface area (Å²) in [6, 6.07) is 11.4. The lowest BCUT2D eigenvalue weighted by molar-refractivity contribution is -0.141. The maximum Gasteiger partial charge on any atom is 0.290 e. The van der Waals surface area contributed by atoms with Crippen molar-refractivity contribution in [2.24, 2.45) is 5.92 Å². The molecule has 2 heterocycles. The summed E-state index contributed by atoms with van der Waals surface area (Å²) in [6.07, 6.45) is 0.516. The van der Waals surface area contributed by atoms with Crippen LogP contribution in [0.25, 0.3) is 10.9 Å². The Kier molecular flexibility index (Phi) is 9.58. The third-order valence-electron chi connectivity index (χ3n) is 6.83. The van der Waals surface area contributed by atoms with Crippen LogP contribution in [0.5, 0.6) is 0 Å². The van der Waals surface area contributed by atoms with Crippen LogP contribution in [-0.2, 0) is 25.6 Å². The van der Waals surface area contributed by atoms with Crippen molar-refractivity contribution < 1.29 is 24.0 Å². The van der Waals surface area contributed by atoms with Gasteiger partial charge in [0.2, 0.25) is 17.6 Å². The molecule has 2 aromatic carbocycles. The lowest BCUT2D eigenvalue weighted by Gasteiger charge is -2.26. The van der Waals surface area contributed by atoms with Gasteiger partial charge >= 0.3 is 0 Å². The highest BCUT2D eigenvalue weighted by atomic mass is 35.5. The van der Waals surface area contributed by atoms with Gasteiger partial charge in [-0.15, -0.1) is 0 Å². The fourth-order valence-electron chi connectivity index (χ4n) is 4.80. The van der Waals surface area contributed by atoms with Gasteiger partial charge in [0.25, 0.3) is 11.8 Å². The average molecular weight is 615 g/mol. The van der Waals surface area contributed by atoms with Crippen molar-refractivity contribution in [2.45, 2.75) is 57.7 Å². The maximum absolute atomic E-state index is 13.7. The molecule has 4 rings (SSSR count). The fourth-order valence-corrected chi connectivity index (χ4v) is 5.34. The number of hydrogen-bond acceptors (Lipinski definition) is 5. The molecule has 0 saturated carbocycles. The summed E-state index contributed by atoms with van der Waals surface area (Å²) in [5, 5.41) is 12.1. The standard InChI is InChI=1S/C30H33Cl2N5O5/c1-30(2,3)37-29(42)25(38)22(12-17-9-10-33-26(17)39)35-27(40)23(11-16-7-5-4-6-8-16)36-28(41)24-15-19-20(32)13-18(31)14-21(19)34-24/h4-8,13-15,17,22-23,34H,9-12H2,1-3H3,(H,33,39)(H,35,40)(H,36,41)(H,37,42)/t17-,22-,23-/m0/s1. The van der Waals surface area contributed by atoms with Crippen molar-refractivity contribution >= 4 is 63.5 Å². The number of hydrogen-bond donors (Lipinski definition) is 5. The first-order valence-corrected chi connectivity index (χ1v) is 14.3. The van der Waals surface area contributed by atoms with Gasteiger partial charge in [-0.3, -0.25) is 24.0 Å². The van der Waals surface area contributed by atoms with Gasteiger partial charge < -0.3 is 26.3 Å². The average Bonchev–Trinajstić information content (AvgIpc) is 3.53. The first kappa shape index (κ1) is 31.1. The first-order valence-electron chi connectivity index (χ1n) is 13.6. The number of halogens is 2. The molecule has 3 atom stereocenters. The number of amides is 4. The number of Topliss-reactive ketones (excluding diaryl/α,β-unsaturated/α-hetero) is 1. The summed E-state index contributed by atoms with van der Waals surface area (Å²) in [5.41, 5.74) is 0.766. The molecule has 0 radical (unpaired) electrons. The lowest BCUT2D eigenvalue weighted by atomic mass is 9.94. The zero-order valence-corrected chi connectivity index (χ0v) is 25.0. The molecular weight excluding hydrogens is 581 g/mol. The fraction of sp³-hybridized carbons (Fsp3) is 0.367. The summed E-state index contributed by atoms with van der Waals surface area (Å²) >= 11 is 12.4. The molecule has 1 fully saturated rings. The molecule has 0 spiro atoms. The summed E-state index contributed by atoms with van der Waals surface area (Å²) < 4.78 is 0. The quantitative estimate of drug-likeness (QED) is 0.222. The molecule has 4 amide bonds. The molecule has 1 aliphatic rings. The molecule has 0 aliphatic carbocycles. The predicted molar refractivity (Wildman–Crippen MR) is 160 cm³/mol. The largest absolute Gasteiger partial charge is 0.356 e. The van der Waals surface area contributed by atoms with Gasteiger partial charge in [-0.1, -0.05) is 53.5 Å². The number of H-pyrrole nitrogens is 1. The van der Waals surface area contributed by atoms with Gasteiger partial charge in [0, 0.05) is 40.3 Å². The van der Waals surface area contributed by atoms with Crippen molar-refractivity contribution in [3.8, 4) is 0 Å². The van der Waals surface area contributed by atoms with Crippen molar-refractivity contribution in [1.29, 1.82) is 0 Å². The number of ketones is 1. The normalized spacial score (nSPS) is 16.4. The number of fused-ring (bicyclic) bond motifs is 1. The van der Waals surface area contributed by atoms with E-state index in [1.165, 1.54) is 0 Å². The van der Waals surface area contributed by atoms with Crippen LogP contribution >= 0.6 is 23.2 Å². The monoisotopic (exact) mass is 613 g/mol. The third-order valence-corrected chi connectivity index (χ3v) is 7.36. The number of aromatic amines is 1. The topological polar surface area (TPSA) is 149 Å². The number of benzene rings is 2. The second-order valence-electron chi connectivity index (χ2n) is 11.4. The van der Waals surface area contributed by atoms with Crippen molar-refractivity contribution in [3.05, 3.63) is 69.8 Å². The molecule has 0 unspecified atom stereocenters. The van der Waals surface area contributed by atoms with Crippen LogP contribution in [0.15, 0.2) is 48.5 Å². The summed E-state index contributed by atoms with van der Waals surface area (Å²) in [4.78, 5) is 68.4. The molecule has 1 aliphatic heterocycles. The summed E-state index contributed by atoms with van der Waals surface area (Å²) in [6.45, 7) is 5.63. The second-order valence-corrected chi connectivity index (χ2v) is 12.2. The Morgan fingerprint density at radius 3 is 2.36 bits per heavy atom. The van der Waals surface area contributed by atoms with Crippen LogP contribution in [0, 0.1) is 5.92 Å². The molecule has 222 valence electrons. The zero-order chi connectivity index (χ0) is 30.6. The Bertz CT molecular complexity index is 1520. The maximum atomic E-state index is 13.7. The SMILES string of the molecule is CC(C)(C)NC(=O)C(=O)[C@H](C[C@@H]1CCNC1=O)NC(=O)[C@H](Cc1ccccc1)NC(=O)c1cc2c(Cl)cc(Cl)cc2[nH]1. The van der Waals surface area contributed by atoms with E-state index >= 15 is 0 Å². The highest BCUT2D eigenvalue weighted by molar-refractivity contribution is 6.39. The molecule has 42 heavy (non-hydrogen) atoms. The smallest absolute Gasteiger partial charge is 0.290 e. The van der Waals surface area contributed by atoms with Crippen molar-refractivity contribution in [2.75, 3.05) is 6.54 Å². The van der Waals surface area contributed by atoms with Crippen LogP contribution in [0.3, 0.4) is 0 Å². The van der Waals surface area contributed by atoms with Crippen LogP contribution < -0.4 is 21.3 Å². The van der Waals surface area contributed by atoms with Crippen molar-refractivity contribution in [3.63, 3.8) is 0 Å². The molecule has 1 saturated heterocycles. The highest BCUT2D eigenvalue weighted by Gasteiger charge is 2.36. The van der Waals surface area contributed by atoms with E-state index in [0.717, 1.165) is 5.56 Å². The molecule has 3 aromatic rings. The highest BCUT2D eigenvalue weighted by Crippen LogP contribution is 2.28. The zero-order valence-electron chi connectivity index (χ0n) is 23.5. The Balaban J connectivity index is 1.59. The first-order chi connectivity index (χ1) is 19.8. The number of nitrogens with one attached hydrogen (secondary N) is 5. The predicted octanol–water partition coefficient (Wildman–Crippen LogP) is 3.31. The van der Waals surface area contributed by atoms with E-state index in [1.54, 1.807) is 63.2 Å². The number of rotatable bonds is 10. The van der Waals surface area contributed by atoms with Gasteiger partial charge in [-0.05, 0) is 57.4 Å². The molecule has 5 N–H and O–H groups in total. The van der Waals surface area contributed by atoms with E-state index in [1.807, 2.05) is 6.07 Å². The Morgan fingerprint density at radius 1 is 1.00 bits per heavy atom. The van der Waals surface area contributed by atoms with E-state index < -0.39 is 47.0 Å². The van der Waals surface area contributed by atoms with Crippen LogP contribution in [-0.4, -0.2) is 58.6 Å². The second kappa shape index (κ2) is 13.0. The summed E-state index contributed by atoms with van der Waals surface area (Å²) in [7, 11) is 0. The number of carbonyl (C=O) groups is 5. The Hall–Kier alpha value is -3.89. The minimum Gasteiger partial charge on any atom is -0.356 e. The minimum atomic E-state index is -1.28. The Labute approximate surface area is 253 Å². The van der Waals surface area contributed by atoms with E-state index in [9.17, 15) is 24.0 Å². The summed E-state index contributed by atoms with van der Waals surface area (Å²) in [5.74, 6) is -3.80. The molecule has 0 bridgehead atoms. The Morgan fingerprint density at radius 2 is 1.71 bits per heavy atom. The lowest BCUT2D eigenvalue weighted by Crippen LogP contribution is -2.56. The van der Waals surface area contributed by atoms with Gasteiger partial charge in [-0.2, -0.15) is 0 Å². The van der Waals surface area contributed by atoms with E-state index in [-0.39, 0.29) is 24.4 Å². The number of aromatic nitrogens is 1. The van der Waals surface area contributed by atoms with Gasteiger partial charge in [0.15, 0.2) is 0 Å². The number of carbonyl (C=O) groups excluding carboxylic acids is 5. The molecular formula is C30H33Cl2N5O5. The van der Waals surface area contributed by atoms with Crippen LogP contribution in [0.1, 0.15) is 49.7 Å². The van der Waals surface area contributed by atoms with Gasteiger partial charge in [-0.25, -0.2) is 0 Å². The van der Waals surface area contributed by atoms with Gasteiger partial charge in [0.1, 0.15) is 11.7 Å². The minimum absolute atomic E-state index is 0.0543. The van der Waals surface area contributed by atoms with E-state index in [4.69, 9.17) is 23.2 Å². The van der Waals surface area contributed by atoms with Gasteiger partial charge in [0.05, 0.1) is 11.1 Å². The van der Waals surface area contributed by atoms with E-state index in [0.29, 0.717) is 33.9 Å². The molecule has 1 aromatic heterocycles. The van der Waals surface area contributed by atoms with E-state index in [2.05, 4.69) is 26.3 Å². The van der Waals surface area contributed by atoms with Crippen LogP contribution in [0.2, 0.25) is 10.0 Å².